The maximum atomic E-state index is 11.0. The number of nitrogens with zero attached hydrogens (tertiary/aromatic N) is 1. The zero-order valence-electron chi connectivity index (χ0n) is 10.8. The van der Waals surface area contributed by atoms with Crippen LogP contribution in [-0.2, 0) is 4.79 Å². The van der Waals surface area contributed by atoms with E-state index in [0.29, 0.717) is 12.2 Å². The predicted octanol–water partition coefficient (Wildman–Crippen LogP) is 3.36. The number of carboxylic acids is 1. The monoisotopic (exact) mass is 277 g/mol. The maximum absolute atomic E-state index is 11.0. The summed E-state index contributed by atoms with van der Waals surface area (Å²) in [7, 11) is 0. The summed E-state index contributed by atoms with van der Waals surface area (Å²) in [6.07, 6.45) is -0.378. The highest BCUT2D eigenvalue weighted by molar-refractivity contribution is 7.13. The molecule has 1 atom stereocenters. The molecular weight excluding hydrogens is 262 g/mol. The average molecular weight is 277 g/mol. The normalized spacial score (nSPS) is 12.1. The molecule has 1 N–H and O–H groups in total. The van der Waals surface area contributed by atoms with Crippen molar-refractivity contribution < 1.29 is 14.6 Å². The Bertz CT molecular complexity index is 580. The van der Waals surface area contributed by atoms with Crippen LogP contribution in [0.1, 0.15) is 19.0 Å². The van der Waals surface area contributed by atoms with E-state index >= 15 is 0 Å². The molecule has 0 fully saturated rings. The average Bonchev–Trinajstić information content (AvgIpc) is 2.82. The van der Waals surface area contributed by atoms with Crippen LogP contribution in [0, 0.1) is 6.92 Å². The van der Waals surface area contributed by atoms with Gasteiger partial charge in [0.15, 0.2) is 6.10 Å². The van der Waals surface area contributed by atoms with Crippen molar-refractivity contribution in [1.82, 2.24) is 4.98 Å². The lowest BCUT2D eigenvalue weighted by Crippen LogP contribution is -2.25. The Hall–Kier alpha value is -1.88. The summed E-state index contributed by atoms with van der Waals surface area (Å²) < 4.78 is 5.49. The molecule has 0 spiro atoms. The van der Waals surface area contributed by atoms with Crippen molar-refractivity contribution in [3.63, 3.8) is 0 Å². The van der Waals surface area contributed by atoms with Crippen LogP contribution in [0.5, 0.6) is 5.75 Å². The van der Waals surface area contributed by atoms with Gasteiger partial charge in [0, 0.05) is 0 Å². The molecule has 1 aromatic carbocycles. The highest BCUT2D eigenvalue weighted by Crippen LogP contribution is 2.30. The van der Waals surface area contributed by atoms with E-state index in [1.54, 1.807) is 29.8 Å². The van der Waals surface area contributed by atoms with Gasteiger partial charge in [-0.05, 0) is 31.0 Å². The molecule has 1 heterocycles. The fraction of sp³-hybridized carbons (Fsp3) is 0.286. The van der Waals surface area contributed by atoms with E-state index in [1.165, 1.54) is 0 Å². The number of hydrogen-bond acceptors (Lipinski definition) is 4. The predicted molar refractivity (Wildman–Crippen MR) is 74.6 cm³/mol. The summed E-state index contributed by atoms with van der Waals surface area (Å²) in [5, 5.41) is 9.00. The van der Waals surface area contributed by atoms with Crippen LogP contribution < -0.4 is 4.74 Å². The van der Waals surface area contributed by atoms with Gasteiger partial charge in [0.1, 0.15) is 5.75 Å². The number of hydrogen-bond donors (Lipinski definition) is 1. The van der Waals surface area contributed by atoms with Crippen molar-refractivity contribution in [1.29, 1.82) is 0 Å². The van der Waals surface area contributed by atoms with Gasteiger partial charge in [0.05, 0.1) is 16.1 Å². The van der Waals surface area contributed by atoms with Crippen molar-refractivity contribution in [2.24, 2.45) is 0 Å². The summed E-state index contributed by atoms with van der Waals surface area (Å²) in [5.41, 5.74) is 3.76. The number of rotatable bonds is 5. The molecule has 5 heteroatoms. The number of aliphatic carboxylic acids is 1. The zero-order valence-corrected chi connectivity index (χ0v) is 11.6. The molecule has 0 radical (unpaired) electrons. The lowest BCUT2D eigenvalue weighted by molar-refractivity contribution is -0.145. The summed E-state index contributed by atoms with van der Waals surface area (Å²) in [6.45, 7) is 3.74. The Kier molecular flexibility index (Phi) is 4.16. The van der Waals surface area contributed by atoms with Gasteiger partial charge in [-0.1, -0.05) is 19.1 Å². The molecule has 0 saturated heterocycles. The number of aryl methyl sites for hydroxylation is 1. The molecule has 0 saturated carbocycles. The standard InChI is InChI=1S/C14H15NO3S/c1-3-12(14(16)17)18-11-6-4-5-10(7-11)13-9(2)15-8-19-13/h4-8,12H,3H2,1-2H3,(H,16,17). The first-order valence-electron chi connectivity index (χ1n) is 6.01. The Morgan fingerprint density at radius 3 is 2.89 bits per heavy atom. The minimum atomic E-state index is -0.943. The quantitative estimate of drug-likeness (QED) is 0.910. The van der Waals surface area contributed by atoms with Crippen molar-refractivity contribution >= 4 is 17.3 Å². The highest BCUT2D eigenvalue weighted by Gasteiger charge is 2.17. The van der Waals surface area contributed by atoms with Crippen molar-refractivity contribution in [3.8, 4) is 16.2 Å². The van der Waals surface area contributed by atoms with Gasteiger partial charge >= 0.3 is 5.97 Å². The second-order valence-corrected chi connectivity index (χ2v) is 5.00. The van der Waals surface area contributed by atoms with Crippen molar-refractivity contribution in [2.75, 3.05) is 0 Å². The first-order valence-corrected chi connectivity index (χ1v) is 6.89. The topological polar surface area (TPSA) is 59.4 Å². The Labute approximate surface area is 115 Å². The maximum Gasteiger partial charge on any atom is 0.344 e. The summed E-state index contributed by atoms with van der Waals surface area (Å²) in [5.74, 6) is -0.374. The van der Waals surface area contributed by atoms with Gasteiger partial charge < -0.3 is 9.84 Å². The third-order valence-corrected chi connectivity index (χ3v) is 3.74. The van der Waals surface area contributed by atoms with E-state index < -0.39 is 12.1 Å². The van der Waals surface area contributed by atoms with Gasteiger partial charge in [-0.3, -0.25) is 0 Å². The molecule has 100 valence electrons. The molecular formula is C14H15NO3S. The summed E-state index contributed by atoms with van der Waals surface area (Å²) >= 11 is 1.56. The van der Waals surface area contributed by atoms with Crippen LogP contribution >= 0.6 is 11.3 Å². The second kappa shape index (κ2) is 5.84. The van der Waals surface area contributed by atoms with Crippen molar-refractivity contribution in [3.05, 3.63) is 35.5 Å². The van der Waals surface area contributed by atoms with E-state index in [9.17, 15) is 4.79 Å². The minimum absolute atomic E-state index is 0.430. The molecule has 4 nitrogen and oxygen atoms in total. The third kappa shape index (κ3) is 3.12. The van der Waals surface area contributed by atoms with Gasteiger partial charge in [-0.25, -0.2) is 9.78 Å². The van der Waals surface area contributed by atoms with E-state index in [1.807, 2.05) is 25.1 Å². The first-order chi connectivity index (χ1) is 9.11. The van der Waals surface area contributed by atoms with Crippen molar-refractivity contribution in [2.45, 2.75) is 26.4 Å². The Morgan fingerprint density at radius 1 is 1.53 bits per heavy atom. The molecule has 1 unspecified atom stereocenters. The molecule has 1 aromatic heterocycles. The first kappa shape index (κ1) is 13.5. The smallest absolute Gasteiger partial charge is 0.344 e. The van der Waals surface area contributed by atoms with E-state index in [-0.39, 0.29) is 0 Å². The lowest BCUT2D eigenvalue weighted by atomic mass is 10.1. The molecule has 2 rings (SSSR count). The van der Waals surface area contributed by atoms with Crippen LogP contribution in [-0.4, -0.2) is 22.2 Å². The number of carboxylic acid groups (broad SMARTS) is 1. The molecule has 2 aromatic rings. The van der Waals surface area contributed by atoms with Crippen LogP contribution in [0.2, 0.25) is 0 Å². The van der Waals surface area contributed by atoms with E-state index in [2.05, 4.69) is 4.98 Å². The fourth-order valence-corrected chi connectivity index (χ4v) is 2.56. The molecule has 0 bridgehead atoms. The molecule has 0 aliphatic carbocycles. The van der Waals surface area contributed by atoms with Gasteiger partial charge in [0.2, 0.25) is 0 Å². The lowest BCUT2D eigenvalue weighted by Gasteiger charge is -2.13. The molecule has 19 heavy (non-hydrogen) atoms. The zero-order chi connectivity index (χ0) is 13.8. The van der Waals surface area contributed by atoms with Crippen LogP contribution in [0.15, 0.2) is 29.8 Å². The Morgan fingerprint density at radius 2 is 2.32 bits per heavy atom. The van der Waals surface area contributed by atoms with Gasteiger partial charge in [-0.2, -0.15) is 0 Å². The summed E-state index contributed by atoms with van der Waals surface area (Å²) in [6, 6.07) is 7.45. The largest absolute Gasteiger partial charge is 0.479 e. The molecule has 0 amide bonds. The van der Waals surface area contributed by atoms with Gasteiger partial charge in [-0.15, -0.1) is 11.3 Å². The number of thiazole rings is 1. The van der Waals surface area contributed by atoms with E-state index in [4.69, 9.17) is 9.84 Å². The molecule has 0 aliphatic rings. The minimum Gasteiger partial charge on any atom is -0.479 e. The second-order valence-electron chi connectivity index (χ2n) is 4.15. The number of carbonyl (C=O) groups is 1. The third-order valence-electron chi connectivity index (χ3n) is 2.77. The highest BCUT2D eigenvalue weighted by atomic mass is 32.1. The fourth-order valence-electron chi connectivity index (χ4n) is 1.76. The van der Waals surface area contributed by atoms with Gasteiger partial charge in [0.25, 0.3) is 0 Å². The van der Waals surface area contributed by atoms with Crippen LogP contribution in [0.4, 0.5) is 0 Å². The van der Waals surface area contributed by atoms with Crippen LogP contribution in [0.25, 0.3) is 10.4 Å². The van der Waals surface area contributed by atoms with Crippen LogP contribution in [0.3, 0.4) is 0 Å². The Balaban J connectivity index is 2.25. The number of benzene rings is 1. The number of ether oxygens (including phenoxy) is 1. The number of aromatic nitrogens is 1. The SMILES string of the molecule is CCC(Oc1cccc(-c2scnc2C)c1)C(=O)O. The molecule has 0 aliphatic heterocycles. The van der Waals surface area contributed by atoms with E-state index in [0.717, 1.165) is 16.1 Å². The summed E-state index contributed by atoms with van der Waals surface area (Å²) in [4.78, 5) is 16.3.